The van der Waals surface area contributed by atoms with E-state index in [0.717, 1.165) is 22.1 Å². The van der Waals surface area contributed by atoms with Gasteiger partial charge in [0, 0.05) is 10.9 Å². The lowest BCUT2D eigenvalue weighted by molar-refractivity contribution is -0.121. The van der Waals surface area contributed by atoms with Gasteiger partial charge in [0.05, 0.1) is 30.4 Å². The molecule has 0 spiro atoms. The van der Waals surface area contributed by atoms with Gasteiger partial charge in [0.2, 0.25) is 5.91 Å². The Morgan fingerprint density at radius 1 is 1.20 bits per heavy atom. The van der Waals surface area contributed by atoms with E-state index >= 15 is 0 Å². The molecule has 0 aliphatic heterocycles. The minimum absolute atomic E-state index is 0.0576. The predicted octanol–water partition coefficient (Wildman–Crippen LogP) is 4.34. The van der Waals surface area contributed by atoms with E-state index < -0.39 is 0 Å². The van der Waals surface area contributed by atoms with Crippen LogP contribution in [0.5, 0.6) is 0 Å². The Morgan fingerprint density at radius 3 is 2.56 bits per heavy atom. The quantitative estimate of drug-likeness (QED) is 0.773. The highest BCUT2D eigenvalue weighted by Crippen LogP contribution is 2.25. The van der Waals surface area contributed by atoms with E-state index in [2.05, 4.69) is 24.4 Å². The highest BCUT2D eigenvalue weighted by Gasteiger charge is 2.14. The average Bonchev–Trinajstić information content (AvgIpc) is 2.97. The first-order chi connectivity index (χ1) is 12.0. The lowest BCUT2D eigenvalue weighted by atomic mass is 10.0. The van der Waals surface area contributed by atoms with Crippen LogP contribution in [0.15, 0.2) is 47.1 Å². The Hall–Kier alpha value is -3.06. The molecule has 25 heavy (non-hydrogen) atoms. The topological polar surface area (TPSA) is 66.0 Å². The molecule has 2 aromatic carbocycles. The molecule has 0 aliphatic carbocycles. The van der Waals surface area contributed by atoms with E-state index in [1.807, 2.05) is 32.0 Å². The molecular formula is C21H20N2O2. The van der Waals surface area contributed by atoms with Gasteiger partial charge in [-0.25, -0.2) is 0 Å². The molecule has 0 bridgehead atoms. The number of aryl methyl sites for hydroxylation is 2. The van der Waals surface area contributed by atoms with Gasteiger partial charge in [-0.1, -0.05) is 12.1 Å². The third kappa shape index (κ3) is 3.56. The van der Waals surface area contributed by atoms with Crippen molar-refractivity contribution in [2.75, 3.05) is 0 Å². The van der Waals surface area contributed by atoms with Crippen molar-refractivity contribution in [2.24, 2.45) is 0 Å². The predicted molar refractivity (Wildman–Crippen MR) is 97.1 cm³/mol. The maximum absolute atomic E-state index is 12.4. The van der Waals surface area contributed by atoms with E-state index in [4.69, 9.17) is 9.68 Å². The Kier molecular flexibility index (Phi) is 4.58. The Morgan fingerprint density at radius 2 is 1.88 bits per heavy atom. The van der Waals surface area contributed by atoms with Gasteiger partial charge in [0.15, 0.2) is 0 Å². The number of furan rings is 1. The fourth-order valence-corrected chi connectivity index (χ4v) is 2.87. The Balaban J connectivity index is 1.72. The van der Waals surface area contributed by atoms with Crippen molar-refractivity contribution in [2.45, 2.75) is 33.2 Å². The van der Waals surface area contributed by atoms with Gasteiger partial charge in [-0.15, -0.1) is 0 Å². The summed E-state index contributed by atoms with van der Waals surface area (Å²) in [5.41, 5.74) is 5.64. The molecule has 0 fully saturated rings. The van der Waals surface area contributed by atoms with Crippen molar-refractivity contribution >= 4 is 16.9 Å². The van der Waals surface area contributed by atoms with Gasteiger partial charge in [0.1, 0.15) is 5.58 Å². The number of nitrogens with zero attached hydrogens (tertiary/aromatic N) is 1. The third-order valence-electron chi connectivity index (χ3n) is 4.54. The molecule has 1 N–H and O–H groups in total. The van der Waals surface area contributed by atoms with Crippen LogP contribution in [0.25, 0.3) is 11.0 Å². The van der Waals surface area contributed by atoms with E-state index in [1.54, 1.807) is 18.4 Å². The molecule has 1 unspecified atom stereocenters. The van der Waals surface area contributed by atoms with E-state index in [1.165, 1.54) is 11.1 Å². The summed E-state index contributed by atoms with van der Waals surface area (Å²) in [6, 6.07) is 13.3. The summed E-state index contributed by atoms with van der Waals surface area (Å²) >= 11 is 0. The lowest BCUT2D eigenvalue weighted by Crippen LogP contribution is -2.28. The second-order valence-corrected chi connectivity index (χ2v) is 6.39. The molecule has 3 aromatic rings. The number of fused-ring (bicyclic) bond motifs is 1. The zero-order valence-corrected chi connectivity index (χ0v) is 14.6. The van der Waals surface area contributed by atoms with Gasteiger partial charge in [-0.2, -0.15) is 5.26 Å². The monoisotopic (exact) mass is 332 g/mol. The summed E-state index contributed by atoms with van der Waals surface area (Å²) in [6.07, 6.45) is 1.94. The van der Waals surface area contributed by atoms with Crippen molar-refractivity contribution in [1.29, 1.82) is 5.26 Å². The molecule has 4 heteroatoms. The number of hydrogen-bond donors (Lipinski definition) is 1. The molecule has 4 nitrogen and oxygen atoms in total. The van der Waals surface area contributed by atoms with Crippen LogP contribution in [0.3, 0.4) is 0 Å². The normalized spacial score (nSPS) is 11.9. The largest absolute Gasteiger partial charge is 0.464 e. The molecule has 1 amide bonds. The average molecular weight is 332 g/mol. The number of nitriles is 1. The van der Waals surface area contributed by atoms with Crippen LogP contribution >= 0.6 is 0 Å². The molecule has 0 aliphatic rings. The van der Waals surface area contributed by atoms with Gasteiger partial charge in [-0.3, -0.25) is 4.79 Å². The van der Waals surface area contributed by atoms with E-state index in [9.17, 15) is 4.79 Å². The van der Waals surface area contributed by atoms with Crippen LogP contribution in [-0.4, -0.2) is 5.91 Å². The molecule has 3 rings (SSSR count). The molecule has 1 heterocycles. The Labute approximate surface area is 147 Å². The van der Waals surface area contributed by atoms with Crippen LogP contribution in [-0.2, 0) is 11.2 Å². The molecule has 0 saturated heterocycles. The zero-order chi connectivity index (χ0) is 18.0. The molecular weight excluding hydrogens is 312 g/mol. The summed E-state index contributed by atoms with van der Waals surface area (Å²) in [7, 11) is 0. The summed E-state index contributed by atoms with van der Waals surface area (Å²) in [5, 5.41) is 12.8. The van der Waals surface area contributed by atoms with Crippen molar-refractivity contribution in [3.63, 3.8) is 0 Å². The summed E-state index contributed by atoms with van der Waals surface area (Å²) < 4.78 is 5.59. The summed E-state index contributed by atoms with van der Waals surface area (Å²) in [6.45, 7) is 6.03. The molecule has 0 saturated carbocycles. The van der Waals surface area contributed by atoms with Crippen molar-refractivity contribution in [3.05, 3.63) is 70.5 Å². The second-order valence-electron chi connectivity index (χ2n) is 6.39. The Bertz CT molecular complexity index is 962. The number of carbonyl (C=O) groups is 1. The fourth-order valence-electron chi connectivity index (χ4n) is 2.87. The molecule has 1 atom stereocenters. The molecule has 0 radical (unpaired) electrons. The van der Waals surface area contributed by atoms with E-state index in [-0.39, 0.29) is 18.4 Å². The summed E-state index contributed by atoms with van der Waals surface area (Å²) in [4.78, 5) is 12.4. The number of hydrogen-bond acceptors (Lipinski definition) is 3. The fraction of sp³-hybridized carbons (Fsp3) is 0.238. The van der Waals surface area contributed by atoms with Gasteiger partial charge in [-0.05, 0) is 61.7 Å². The molecule has 1 aromatic heterocycles. The van der Waals surface area contributed by atoms with Crippen LogP contribution in [0, 0.1) is 25.2 Å². The minimum atomic E-state index is -0.123. The van der Waals surface area contributed by atoms with Crippen molar-refractivity contribution in [3.8, 4) is 6.07 Å². The third-order valence-corrected chi connectivity index (χ3v) is 4.54. The highest BCUT2D eigenvalue weighted by atomic mass is 16.3. The first-order valence-corrected chi connectivity index (χ1v) is 8.24. The minimum Gasteiger partial charge on any atom is -0.464 e. The SMILES string of the molecule is Cc1cc2occ(CC(=O)NC(C)c3ccc(C#N)cc3)c2cc1C. The van der Waals surface area contributed by atoms with Crippen molar-refractivity contribution in [1.82, 2.24) is 5.32 Å². The second kappa shape index (κ2) is 6.82. The number of rotatable bonds is 4. The number of nitrogens with one attached hydrogen (secondary N) is 1. The van der Waals surface area contributed by atoms with E-state index in [0.29, 0.717) is 5.56 Å². The standard InChI is InChI=1S/C21H20N2O2/c1-13-8-19-18(12-25-20(19)9-14(13)2)10-21(24)23-15(3)17-6-4-16(11-22)5-7-17/h4-9,12,15H,10H2,1-3H3,(H,23,24). The van der Waals surface area contributed by atoms with Gasteiger partial charge in [0.25, 0.3) is 0 Å². The molecule has 126 valence electrons. The highest BCUT2D eigenvalue weighted by molar-refractivity contribution is 5.88. The van der Waals surface area contributed by atoms with Crippen molar-refractivity contribution < 1.29 is 9.21 Å². The van der Waals surface area contributed by atoms with Crippen LogP contribution in [0.1, 0.15) is 40.8 Å². The smallest absolute Gasteiger partial charge is 0.225 e. The zero-order valence-electron chi connectivity index (χ0n) is 14.6. The maximum Gasteiger partial charge on any atom is 0.225 e. The summed E-state index contributed by atoms with van der Waals surface area (Å²) in [5.74, 6) is -0.0576. The number of carbonyl (C=O) groups excluding carboxylic acids is 1. The van der Waals surface area contributed by atoms with Crippen LogP contribution in [0.2, 0.25) is 0 Å². The number of amides is 1. The van der Waals surface area contributed by atoms with Crippen LogP contribution in [0.4, 0.5) is 0 Å². The number of benzene rings is 2. The van der Waals surface area contributed by atoms with Gasteiger partial charge < -0.3 is 9.73 Å². The van der Waals surface area contributed by atoms with Gasteiger partial charge >= 0.3 is 0 Å². The first kappa shape index (κ1) is 16.8. The van der Waals surface area contributed by atoms with Crippen LogP contribution < -0.4 is 5.32 Å². The first-order valence-electron chi connectivity index (χ1n) is 8.24. The maximum atomic E-state index is 12.4. The lowest BCUT2D eigenvalue weighted by Gasteiger charge is -2.14.